The number of sulfone groups is 1. The highest BCUT2D eigenvalue weighted by molar-refractivity contribution is 7.91. The lowest BCUT2D eigenvalue weighted by Crippen LogP contribution is -2.16. The molecule has 0 amide bonds. The summed E-state index contributed by atoms with van der Waals surface area (Å²) in [5.41, 5.74) is 3.62. The van der Waals surface area contributed by atoms with Gasteiger partial charge in [0.2, 0.25) is 15.0 Å². The summed E-state index contributed by atoms with van der Waals surface area (Å²) in [5.74, 6) is 0.539. The molecule has 0 radical (unpaired) electrons. The van der Waals surface area contributed by atoms with Gasteiger partial charge in [0.15, 0.2) is 5.82 Å². The maximum atomic E-state index is 13.3. The van der Waals surface area contributed by atoms with E-state index >= 15 is 0 Å². The van der Waals surface area contributed by atoms with E-state index in [1.165, 1.54) is 0 Å². The van der Waals surface area contributed by atoms with Gasteiger partial charge in [-0.15, -0.1) is 10.2 Å². The molecule has 0 spiro atoms. The Labute approximate surface area is 157 Å². The van der Waals surface area contributed by atoms with Gasteiger partial charge in [-0.2, -0.15) is 0 Å². The number of fused-ring (bicyclic) bond motifs is 1. The first-order valence-electron chi connectivity index (χ1n) is 8.37. The summed E-state index contributed by atoms with van der Waals surface area (Å²) in [6.07, 6.45) is 1.16. The van der Waals surface area contributed by atoms with Crippen LogP contribution in [0.4, 0.5) is 0 Å². The summed E-state index contributed by atoms with van der Waals surface area (Å²) in [7, 11) is -1.97. The fraction of sp³-hybridized carbons (Fsp3) is 0.263. The molecule has 1 aliphatic rings. The SMILES string of the molecule is Cc1cccc(-c2nnc(S(=O)(=O)[C@H]3CCc4c(Cl)cccc43)n2C)c1. The van der Waals surface area contributed by atoms with Gasteiger partial charge in [0.1, 0.15) is 0 Å². The van der Waals surface area contributed by atoms with Crippen molar-refractivity contribution in [2.45, 2.75) is 30.2 Å². The molecule has 0 saturated heterocycles. The van der Waals surface area contributed by atoms with Gasteiger partial charge in [-0.3, -0.25) is 0 Å². The second-order valence-corrected chi connectivity index (χ2v) is 9.05. The Morgan fingerprint density at radius 1 is 1.15 bits per heavy atom. The Morgan fingerprint density at radius 3 is 2.69 bits per heavy atom. The fourth-order valence-electron chi connectivity index (χ4n) is 3.62. The van der Waals surface area contributed by atoms with Gasteiger partial charge in [-0.05, 0) is 43.0 Å². The van der Waals surface area contributed by atoms with Crippen molar-refractivity contribution in [2.75, 3.05) is 0 Å². The molecule has 1 aliphatic carbocycles. The average molecular weight is 388 g/mol. The average Bonchev–Trinajstić information content (AvgIpc) is 3.20. The van der Waals surface area contributed by atoms with Crippen LogP contribution in [0.3, 0.4) is 0 Å². The quantitative estimate of drug-likeness (QED) is 0.683. The van der Waals surface area contributed by atoms with Crippen LogP contribution in [0.25, 0.3) is 11.4 Å². The van der Waals surface area contributed by atoms with Crippen LogP contribution in [0, 0.1) is 6.92 Å². The van der Waals surface area contributed by atoms with Gasteiger partial charge < -0.3 is 4.57 Å². The van der Waals surface area contributed by atoms with Crippen LogP contribution in [0.15, 0.2) is 47.6 Å². The van der Waals surface area contributed by atoms with E-state index in [1.54, 1.807) is 23.7 Å². The molecule has 1 aromatic heterocycles. The highest BCUT2D eigenvalue weighted by Crippen LogP contribution is 2.42. The Hall–Kier alpha value is -2.18. The summed E-state index contributed by atoms with van der Waals surface area (Å²) in [6.45, 7) is 1.98. The van der Waals surface area contributed by atoms with Crippen LogP contribution < -0.4 is 0 Å². The third-order valence-electron chi connectivity index (χ3n) is 4.90. The molecule has 0 N–H and O–H groups in total. The van der Waals surface area contributed by atoms with Gasteiger partial charge in [0, 0.05) is 17.6 Å². The van der Waals surface area contributed by atoms with Gasteiger partial charge >= 0.3 is 0 Å². The maximum Gasteiger partial charge on any atom is 0.250 e. The molecule has 2 aromatic carbocycles. The van der Waals surface area contributed by atoms with Crippen molar-refractivity contribution in [1.82, 2.24) is 14.8 Å². The molecule has 134 valence electrons. The van der Waals surface area contributed by atoms with Crippen molar-refractivity contribution in [3.63, 3.8) is 0 Å². The van der Waals surface area contributed by atoms with Crippen LogP contribution in [0.1, 0.15) is 28.4 Å². The van der Waals surface area contributed by atoms with Crippen molar-refractivity contribution >= 4 is 21.4 Å². The van der Waals surface area contributed by atoms with Crippen LogP contribution in [0.5, 0.6) is 0 Å². The minimum atomic E-state index is -3.67. The molecule has 26 heavy (non-hydrogen) atoms. The fourth-order valence-corrected chi connectivity index (χ4v) is 5.76. The lowest BCUT2D eigenvalue weighted by Gasteiger charge is -2.13. The zero-order valence-corrected chi connectivity index (χ0v) is 16.0. The Morgan fingerprint density at radius 2 is 1.92 bits per heavy atom. The molecule has 5 nitrogen and oxygen atoms in total. The Bertz CT molecular complexity index is 1110. The molecule has 4 rings (SSSR count). The normalized spacial score (nSPS) is 16.7. The molecular formula is C19H18ClN3O2S. The largest absolute Gasteiger partial charge is 0.301 e. The second-order valence-electron chi connectivity index (χ2n) is 6.61. The molecule has 7 heteroatoms. The monoisotopic (exact) mass is 387 g/mol. The van der Waals surface area contributed by atoms with Crippen molar-refractivity contribution in [3.05, 3.63) is 64.2 Å². The first-order valence-corrected chi connectivity index (χ1v) is 10.3. The van der Waals surface area contributed by atoms with Gasteiger partial charge in [0.05, 0.1) is 5.25 Å². The van der Waals surface area contributed by atoms with E-state index in [0.717, 1.165) is 22.3 Å². The minimum absolute atomic E-state index is 0.00756. The highest BCUT2D eigenvalue weighted by Gasteiger charge is 2.38. The second kappa shape index (κ2) is 6.21. The first kappa shape index (κ1) is 17.2. The molecular weight excluding hydrogens is 370 g/mol. The highest BCUT2D eigenvalue weighted by atomic mass is 35.5. The predicted octanol–water partition coefficient (Wildman–Crippen LogP) is 3.91. The lowest BCUT2D eigenvalue weighted by atomic mass is 10.1. The van der Waals surface area contributed by atoms with Crippen LogP contribution >= 0.6 is 11.6 Å². The summed E-state index contributed by atoms with van der Waals surface area (Å²) in [4.78, 5) is 0. The number of hydrogen-bond donors (Lipinski definition) is 0. The van der Waals surface area contributed by atoms with E-state index < -0.39 is 15.1 Å². The zero-order chi connectivity index (χ0) is 18.5. The van der Waals surface area contributed by atoms with Crippen LogP contribution in [0.2, 0.25) is 5.02 Å². The van der Waals surface area contributed by atoms with Crippen molar-refractivity contribution in [3.8, 4) is 11.4 Å². The number of halogens is 1. The predicted molar refractivity (Wildman–Crippen MR) is 101 cm³/mol. The van der Waals surface area contributed by atoms with Crippen molar-refractivity contribution in [1.29, 1.82) is 0 Å². The first-order chi connectivity index (χ1) is 12.4. The third-order valence-corrected chi connectivity index (χ3v) is 7.36. The molecule has 0 aliphatic heterocycles. The van der Waals surface area contributed by atoms with Gasteiger partial charge in [-0.1, -0.05) is 47.5 Å². The van der Waals surface area contributed by atoms with Crippen molar-refractivity contribution < 1.29 is 8.42 Å². The molecule has 0 bridgehead atoms. The topological polar surface area (TPSA) is 64.8 Å². The molecule has 0 saturated carbocycles. The van der Waals surface area contributed by atoms with Crippen molar-refractivity contribution in [2.24, 2.45) is 7.05 Å². The minimum Gasteiger partial charge on any atom is -0.301 e. The van der Waals surface area contributed by atoms with Crippen LogP contribution in [-0.2, 0) is 23.3 Å². The van der Waals surface area contributed by atoms with E-state index in [9.17, 15) is 8.42 Å². The number of hydrogen-bond acceptors (Lipinski definition) is 4. The molecule has 0 fully saturated rings. The van der Waals surface area contributed by atoms with Gasteiger partial charge in [0.25, 0.3) is 0 Å². The molecule has 1 heterocycles. The molecule has 3 aromatic rings. The van der Waals surface area contributed by atoms with E-state index in [2.05, 4.69) is 10.2 Å². The number of nitrogens with zero attached hydrogens (tertiary/aromatic N) is 3. The number of aromatic nitrogens is 3. The van der Waals surface area contributed by atoms with Gasteiger partial charge in [-0.25, -0.2) is 8.42 Å². The number of aryl methyl sites for hydroxylation is 1. The smallest absolute Gasteiger partial charge is 0.250 e. The summed E-state index contributed by atoms with van der Waals surface area (Å²) in [6, 6.07) is 13.2. The Balaban J connectivity index is 1.79. The Kier molecular flexibility index (Phi) is 4.12. The maximum absolute atomic E-state index is 13.3. The van der Waals surface area contributed by atoms with Crippen LogP contribution in [-0.4, -0.2) is 23.2 Å². The van der Waals surface area contributed by atoms with E-state index in [0.29, 0.717) is 23.7 Å². The zero-order valence-electron chi connectivity index (χ0n) is 14.5. The molecule has 1 atom stereocenters. The van der Waals surface area contributed by atoms with E-state index in [4.69, 9.17) is 11.6 Å². The summed E-state index contributed by atoms with van der Waals surface area (Å²) in [5, 5.41) is 8.15. The lowest BCUT2D eigenvalue weighted by molar-refractivity contribution is 0.563. The summed E-state index contributed by atoms with van der Waals surface area (Å²) < 4.78 is 28.1. The van der Waals surface area contributed by atoms with E-state index in [1.807, 2.05) is 37.3 Å². The van der Waals surface area contributed by atoms with E-state index in [-0.39, 0.29) is 5.16 Å². The summed E-state index contributed by atoms with van der Waals surface area (Å²) >= 11 is 6.23. The molecule has 0 unspecified atom stereocenters. The standard InChI is InChI=1S/C19H18ClN3O2S/c1-12-5-3-6-13(11-12)18-21-22-19(23(18)2)26(24,25)17-10-9-14-15(17)7-4-8-16(14)20/h3-8,11,17H,9-10H2,1-2H3/t17-/m0/s1. The number of benzene rings is 2. The number of rotatable bonds is 3. The third kappa shape index (κ3) is 2.64.